The molecular formula is C10H9N3O2. The van der Waals surface area contributed by atoms with Gasteiger partial charge in [-0.05, 0) is 6.92 Å². The molecule has 0 saturated heterocycles. The van der Waals surface area contributed by atoms with Gasteiger partial charge >= 0.3 is 5.69 Å². The largest absolute Gasteiger partial charge is 0.328 e. The highest BCUT2D eigenvalue weighted by atomic mass is 16.2. The summed E-state index contributed by atoms with van der Waals surface area (Å²) in [5.74, 6) is 2.41. The predicted molar refractivity (Wildman–Crippen MR) is 54.2 cm³/mol. The Bertz CT molecular complexity index is 554. The summed E-state index contributed by atoms with van der Waals surface area (Å²) in [5, 5.41) is 8.62. The summed E-state index contributed by atoms with van der Waals surface area (Å²) in [6.45, 7) is 1.74. The molecule has 0 bridgehead atoms. The molecule has 0 radical (unpaired) electrons. The number of aromatic amines is 1. The van der Waals surface area contributed by atoms with E-state index in [-0.39, 0.29) is 11.6 Å². The van der Waals surface area contributed by atoms with Crippen molar-refractivity contribution in [2.24, 2.45) is 0 Å². The topological polar surface area (TPSA) is 78.7 Å². The number of nitrogens with one attached hydrogen (secondary N) is 1. The molecule has 1 heterocycles. The summed E-state index contributed by atoms with van der Waals surface area (Å²) in [4.78, 5) is 24.5. The van der Waals surface area contributed by atoms with Crippen molar-refractivity contribution in [3.05, 3.63) is 32.6 Å². The van der Waals surface area contributed by atoms with Gasteiger partial charge in [-0.15, -0.1) is 12.3 Å². The smallest absolute Gasteiger partial charge is 0.296 e. The van der Waals surface area contributed by atoms with Gasteiger partial charge in [0, 0.05) is 18.7 Å². The fraction of sp³-hybridized carbons (Fsp3) is 0.300. The third-order valence-corrected chi connectivity index (χ3v) is 1.98. The highest BCUT2D eigenvalue weighted by Gasteiger charge is 2.08. The van der Waals surface area contributed by atoms with Crippen molar-refractivity contribution >= 4 is 0 Å². The zero-order chi connectivity index (χ0) is 11.4. The minimum Gasteiger partial charge on any atom is -0.296 e. The predicted octanol–water partition coefficient (Wildman–Crippen LogP) is -0.00742. The molecule has 15 heavy (non-hydrogen) atoms. The van der Waals surface area contributed by atoms with Crippen molar-refractivity contribution in [1.29, 1.82) is 5.26 Å². The van der Waals surface area contributed by atoms with E-state index in [0.717, 1.165) is 0 Å². The van der Waals surface area contributed by atoms with Crippen molar-refractivity contribution in [2.75, 3.05) is 0 Å². The van der Waals surface area contributed by atoms with E-state index in [1.165, 1.54) is 10.8 Å². The molecule has 0 aromatic carbocycles. The lowest BCUT2D eigenvalue weighted by atomic mass is 10.2. The van der Waals surface area contributed by atoms with Gasteiger partial charge in [0.15, 0.2) is 0 Å². The van der Waals surface area contributed by atoms with Gasteiger partial charge in [-0.1, -0.05) is 0 Å². The molecule has 76 valence electrons. The lowest BCUT2D eigenvalue weighted by molar-refractivity contribution is 0.528. The van der Waals surface area contributed by atoms with E-state index in [1.54, 1.807) is 13.0 Å². The second-order valence-corrected chi connectivity index (χ2v) is 3.08. The fourth-order valence-electron chi connectivity index (χ4n) is 1.16. The minimum atomic E-state index is -0.674. The normalized spacial score (nSPS) is 11.4. The van der Waals surface area contributed by atoms with Crippen LogP contribution in [0.15, 0.2) is 15.8 Å². The van der Waals surface area contributed by atoms with Crippen LogP contribution in [-0.4, -0.2) is 9.55 Å². The van der Waals surface area contributed by atoms with Crippen LogP contribution in [0.25, 0.3) is 0 Å². The zero-order valence-corrected chi connectivity index (χ0v) is 8.15. The van der Waals surface area contributed by atoms with Crippen LogP contribution >= 0.6 is 0 Å². The van der Waals surface area contributed by atoms with E-state index in [9.17, 15) is 9.59 Å². The number of H-pyrrole nitrogens is 1. The number of nitriles is 1. The summed E-state index contributed by atoms with van der Waals surface area (Å²) in [5.41, 5.74) is -1.33. The highest BCUT2D eigenvalue weighted by molar-refractivity contribution is 5.21. The van der Waals surface area contributed by atoms with Crippen LogP contribution in [0.4, 0.5) is 0 Å². The van der Waals surface area contributed by atoms with Gasteiger partial charge in [0.1, 0.15) is 11.6 Å². The van der Waals surface area contributed by atoms with E-state index in [1.807, 2.05) is 0 Å². The van der Waals surface area contributed by atoms with Crippen molar-refractivity contribution in [3.63, 3.8) is 0 Å². The average Bonchev–Trinajstić information content (AvgIpc) is 2.18. The zero-order valence-electron chi connectivity index (χ0n) is 8.15. The first kappa shape index (κ1) is 10.8. The second kappa shape index (κ2) is 4.30. The molecule has 1 rings (SSSR count). The molecule has 0 saturated carbocycles. The van der Waals surface area contributed by atoms with Crippen LogP contribution < -0.4 is 11.2 Å². The molecule has 1 unspecified atom stereocenters. The van der Waals surface area contributed by atoms with Gasteiger partial charge in [0.05, 0.1) is 0 Å². The molecule has 0 fully saturated rings. The van der Waals surface area contributed by atoms with Gasteiger partial charge in [-0.25, -0.2) is 4.79 Å². The molecule has 5 heteroatoms. The molecule has 1 atom stereocenters. The number of rotatable bonds is 2. The third-order valence-electron chi connectivity index (χ3n) is 1.98. The Hall–Kier alpha value is -2.27. The average molecular weight is 203 g/mol. The third kappa shape index (κ3) is 2.15. The first-order valence-corrected chi connectivity index (χ1v) is 4.29. The quantitative estimate of drug-likeness (QED) is 0.687. The lowest BCUT2D eigenvalue weighted by Gasteiger charge is -2.10. The number of nitrogens with zero attached hydrogens (tertiary/aromatic N) is 2. The van der Waals surface area contributed by atoms with Gasteiger partial charge in [0.2, 0.25) is 0 Å². The summed E-state index contributed by atoms with van der Waals surface area (Å²) in [6.07, 6.45) is 6.70. The Labute approximate surface area is 86.0 Å². The molecule has 1 aromatic rings. The van der Waals surface area contributed by atoms with Crippen LogP contribution in [0.2, 0.25) is 0 Å². The molecule has 0 aliphatic heterocycles. The van der Waals surface area contributed by atoms with Gasteiger partial charge in [-0.3, -0.25) is 14.3 Å². The standard InChI is InChI=1S/C10H9N3O2/c1-3-4-7(2)13-6-8(5-11)9(14)12-10(13)15/h1,6-7H,4H2,2H3,(H,12,14,15). The minimum absolute atomic E-state index is 0.0986. The Morgan fingerprint density at radius 1 is 1.67 bits per heavy atom. The fourth-order valence-corrected chi connectivity index (χ4v) is 1.16. The monoisotopic (exact) mass is 203 g/mol. The molecule has 0 aliphatic rings. The maximum absolute atomic E-state index is 11.4. The maximum Gasteiger partial charge on any atom is 0.328 e. The van der Waals surface area contributed by atoms with E-state index in [4.69, 9.17) is 11.7 Å². The van der Waals surface area contributed by atoms with Gasteiger partial charge in [-0.2, -0.15) is 5.26 Å². The van der Waals surface area contributed by atoms with E-state index < -0.39 is 11.2 Å². The summed E-state index contributed by atoms with van der Waals surface area (Å²) >= 11 is 0. The summed E-state index contributed by atoms with van der Waals surface area (Å²) < 4.78 is 1.25. The SMILES string of the molecule is C#CCC(C)n1cc(C#N)c(=O)[nH]c1=O. The Balaban J connectivity index is 3.34. The lowest BCUT2D eigenvalue weighted by Crippen LogP contribution is -2.32. The van der Waals surface area contributed by atoms with Crippen LogP contribution in [0.5, 0.6) is 0 Å². The maximum atomic E-state index is 11.4. The molecule has 0 spiro atoms. The summed E-state index contributed by atoms with van der Waals surface area (Å²) in [7, 11) is 0. The molecular weight excluding hydrogens is 194 g/mol. The molecule has 1 N–H and O–H groups in total. The van der Waals surface area contributed by atoms with Gasteiger partial charge < -0.3 is 0 Å². The van der Waals surface area contributed by atoms with Crippen LogP contribution in [0, 0.1) is 23.7 Å². The number of aromatic nitrogens is 2. The summed E-state index contributed by atoms with van der Waals surface area (Å²) in [6, 6.07) is 1.46. The molecule has 0 amide bonds. The molecule has 5 nitrogen and oxygen atoms in total. The van der Waals surface area contributed by atoms with Crippen molar-refractivity contribution in [2.45, 2.75) is 19.4 Å². The number of hydrogen-bond acceptors (Lipinski definition) is 3. The van der Waals surface area contributed by atoms with Crippen molar-refractivity contribution in [3.8, 4) is 18.4 Å². The van der Waals surface area contributed by atoms with E-state index in [0.29, 0.717) is 6.42 Å². The second-order valence-electron chi connectivity index (χ2n) is 3.08. The Morgan fingerprint density at radius 2 is 2.33 bits per heavy atom. The highest BCUT2D eigenvalue weighted by Crippen LogP contribution is 2.05. The van der Waals surface area contributed by atoms with E-state index >= 15 is 0 Å². The van der Waals surface area contributed by atoms with Crippen molar-refractivity contribution in [1.82, 2.24) is 9.55 Å². The number of hydrogen-bond donors (Lipinski definition) is 1. The van der Waals surface area contributed by atoms with Crippen LogP contribution in [0.3, 0.4) is 0 Å². The van der Waals surface area contributed by atoms with Crippen LogP contribution in [0.1, 0.15) is 24.9 Å². The van der Waals surface area contributed by atoms with E-state index in [2.05, 4.69) is 10.9 Å². The molecule has 0 aliphatic carbocycles. The Morgan fingerprint density at radius 3 is 2.87 bits per heavy atom. The first-order chi connectivity index (χ1) is 7.10. The van der Waals surface area contributed by atoms with Crippen LogP contribution in [-0.2, 0) is 0 Å². The Kier molecular flexibility index (Phi) is 3.10. The van der Waals surface area contributed by atoms with Gasteiger partial charge in [0.25, 0.3) is 5.56 Å². The van der Waals surface area contributed by atoms with Crippen molar-refractivity contribution < 1.29 is 0 Å². The number of terminal acetylenes is 1. The molecule has 1 aromatic heterocycles. The first-order valence-electron chi connectivity index (χ1n) is 4.29.